The summed E-state index contributed by atoms with van der Waals surface area (Å²) in [7, 11) is 0. The fourth-order valence-corrected chi connectivity index (χ4v) is 2.82. The van der Waals surface area contributed by atoms with E-state index in [1.807, 2.05) is 19.9 Å². The average molecular weight is 310 g/mol. The molecule has 1 amide bonds. The third kappa shape index (κ3) is 4.42. The minimum atomic E-state index is -0.0452. The summed E-state index contributed by atoms with van der Waals surface area (Å²) in [5, 5.41) is 3.50. The topological polar surface area (TPSA) is 45.2 Å². The Morgan fingerprint density at radius 1 is 1.43 bits per heavy atom. The molecule has 5 heteroatoms. The van der Waals surface area contributed by atoms with Gasteiger partial charge < -0.3 is 10.2 Å². The molecule has 1 aromatic heterocycles. The molecule has 0 atom stereocenters. The van der Waals surface area contributed by atoms with Crippen molar-refractivity contribution in [2.75, 3.05) is 19.6 Å². The van der Waals surface area contributed by atoms with Crippen LogP contribution in [0.15, 0.2) is 12.1 Å². The molecule has 1 aliphatic rings. The normalized spacial score (nSPS) is 17.2. The van der Waals surface area contributed by atoms with Crippen molar-refractivity contribution in [3.05, 3.63) is 28.5 Å². The number of hydrogen-bond donors (Lipinski definition) is 1. The van der Waals surface area contributed by atoms with E-state index in [1.54, 1.807) is 6.07 Å². The van der Waals surface area contributed by atoms with Crippen LogP contribution in [0.2, 0.25) is 5.15 Å². The molecular weight excluding hydrogens is 286 g/mol. The van der Waals surface area contributed by atoms with Crippen LogP contribution in [0.3, 0.4) is 0 Å². The second kappa shape index (κ2) is 7.23. The molecule has 1 saturated heterocycles. The Hall–Kier alpha value is -1.13. The third-order valence-electron chi connectivity index (χ3n) is 4.04. The van der Waals surface area contributed by atoms with Gasteiger partial charge in [-0.25, -0.2) is 4.98 Å². The predicted molar refractivity (Wildman–Crippen MR) is 85.9 cm³/mol. The van der Waals surface area contributed by atoms with E-state index in [0.717, 1.165) is 38.2 Å². The number of likely N-dealkylation sites (tertiary alicyclic amines) is 1. The molecule has 0 bridgehead atoms. The van der Waals surface area contributed by atoms with Crippen LogP contribution in [0.5, 0.6) is 0 Å². The summed E-state index contributed by atoms with van der Waals surface area (Å²) in [4.78, 5) is 19.0. The van der Waals surface area contributed by atoms with E-state index in [0.29, 0.717) is 10.7 Å². The molecule has 116 valence electrons. The summed E-state index contributed by atoms with van der Waals surface area (Å²) < 4.78 is 0. The van der Waals surface area contributed by atoms with Gasteiger partial charge in [0.25, 0.3) is 5.91 Å². The van der Waals surface area contributed by atoms with Gasteiger partial charge in [0.1, 0.15) is 5.15 Å². The van der Waals surface area contributed by atoms with Crippen molar-refractivity contribution in [2.24, 2.45) is 0 Å². The Morgan fingerprint density at radius 3 is 2.67 bits per heavy atom. The lowest BCUT2D eigenvalue weighted by molar-refractivity contribution is 0.0912. The molecule has 4 nitrogen and oxygen atoms in total. The number of rotatable bonds is 4. The lowest BCUT2D eigenvalue weighted by Gasteiger charge is -2.31. The van der Waals surface area contributed by atoms with Gasteiger partial charge in [-0.1, -0.05) is 32.4 Å². The summed E-state index contributed by atoms with van der Waals surface area (Å²) in [5.74, 6) is 0.208. The van der Waals surface area contributed by atoms with Crippen molar-refractivity contribution in [2.45, 2.75) is 45.6 Å². The lowest BCUT2D eigenvalue weighted by Crippen LogP contribution is -2.44. The van der Waals surface area contributed by atoms with E-state index < -0.39 is 0 Å². The molecule has 2 heterocycles. The maximum Gasteiger partial charge on any atom is 0.251 e. The largest absolute Gasteiger partial charge is 0.349 e. The van der Waals surface area contributed by atoms with E-state index in [4.69, 9.17) is 11.6 Å². The number of piperidine rings is 1. The summed E-state index contributed by atoms with van der Waals surface area (Å²) in [5.41, 5.74) is 1.46. The van der Waals surface area contributed by atoms with Crippen LogP contribution in [0, 0.1) is 0 Å². The highest BCUT2D eigenvalue weighted by Crippen LogP contribution is 2.18. The summed E-state index contributed by atoms with van der Waals surface area (Å²) in [6.07, 6.45) is 2.02. The van der Waals surface area contributed by atoms with Gasteiger partial charge in [-0.15, -0.1) is 0 Å². The zero-order chi connectivity index (χ0) is 15.4. The molecule has 0 saturated carbocycles. The smallest absolute Gasteiger partial charge is 0.251 e. The maximum absolute atomic E-state index is 12.4. The Balaban J connectivity index is 2.00. The van der Waals surface area contributed by atoms with Gasteiger partial charge >= 0.3 is 0 Å². The van der Waals surface area contributed by atoms with E-state index >= 15 is 0 Å². The van der Waals surface area contributed by atoms with E-state index in [2.05, 4.69) is 22.1 Å². The Morgan fingerprint density at radius 2 is 2.10 bits per heavy atom. The summed E-state index contributed by atoms with van der Waals surface area (Å²) in [6, 6.07) is 3.74. The van der Waals surface area contributed by atoms with Gasteiger partial charge in [-0.2, -0.15) is 0 Å². The molecule has 0 spiro atoms. The number of aromatic nitrogens is 1. The van der Waals surface area contributed by atoms with Gasteiger partial charge in [0.15, 0.2) is 0 Å². The zero-order valence-electron chi connectivity index (χ0n) is 13.0. The van der Waals surface area contributed by atoms with Gasteiger partial charge in [-0.3, -0.25) is 4.79 Å². The van der Waals surface area contributed by atoms with Gasteiger partial charge in [-0.05, 0) is 37.4 Å². The van der Waals surface area contributed by atoms with Crippen molar-refractivity contribution in [3.63, 3.8) is 0 Å². The molecule has 0 radical (unpaired) electrons. The predicted octanol–water partition coefficient (Wildman–Crippen LogP) is 3.07. The lowest BCUT2D eigenvalue weighted by atomic mass is 10.0. The minimum absolute atomic E-state index is 0.0452. The van der Waals surface area contributed by atoms with Crippen LogP contribution in [0.25, 0.3) is 0 Å². The van der Waals surface area contributed by atoms with Crippen molar-refractivity contribution in [1.29, 1.82) is 0 Å². The molecule has 1 aromatic rings. The molecular formula is C16H24ClN3O. The van der Waals surface area contributed by atoms with Crippen molar-refractivity contribution >= 4 is 17.5 Å². The SMILES string of the molecule is CCN1CCC(NC(=O)c2cc(Cl)nc(C(C)C)c2)CC1. The van der Waals surface area contributed by atoms with Crippen LogP contribution in [-0.2, 0) is 0 Å². The third-order valence-corrected chi connectivity index (χ3v) is 4.23. The monoisotopic (exact) mass is 309 g/mol. The quantitative estimate of drug-likeness (QED) is 0.869. The number of carbonyl (C=O) groups is 1. The molecule has 0 aliphatic carbocycles. The van der Waals surface area contributed by atoms with E-state index in [9.17, 15) is 4.79 Å². The van der Waals surface area contributed by atoms with Crippen LogP contribution in [-0.4, -0.2) is 41.5 Å². The highest BCUT2D eigenvalue weighted by molar-refractivity contribution is 6.29. The highest BCUT2D eigenvalue weighted by atomic mass is 35.5. The standard InChI is InChI=1S/C16H24ClN3O/c1-4-20-7-5-13(6-8-20)18-16(21)12-9-14(11(2)3)19-15(17)10-12/h9-11,13H,4-8H2,1-3H3,(H,18,21). The molecule has 0 unspecified atom stereocenters. The fraction of sp³-hybridized carbons (Fsp3) is 0.625. The van der Waals surface area contributed by atoms with E-state index in [-0.39, 0.29) is 17.9 Å². The first-order valence-corrected chi connectivity index (χ1v) is 8.08. The molecule has 2 rings (SSSR count). The fourth-order valence-electron chi connectivity index (χ4n) is 2.61. The summed E-state index contributed by atoms with van der Waals surface area (Å²) in [6.45, 7) is 9.44. The van der Waals surface area contributed by atoms with Gasteiger partial charge in [0, 0.05) is 30.4 Å². The first-order valence-electron chi connectivity index (χ1n) is 7.70. The zero-order valence-corrected chi connectivity index (χ0v) is 13.8. The number of carbonyl (C=O) groups excluding carboxylic acids is 1. The number of amides is 1. The number of halogens is 1. The van der Waals surface area contributed by atoms with Crippen LogP contribution in [0.1, 0.15) is 55.6 Å². The van der Waals surface area contributed by atoms with Crippen LogP contribution < -0.4 is 5.32 Å². The van der Waals surface area contributed by atoms with Crippen molar-refractivity contribution in [3.8, 4) is 0 Å². The molecule has 21 heavy (non-hydrogen) atoms. The van der Waals surface area contributed by atoms with Crippen LogP contribution in [0.4, 0.5) is 0 Å². The summed E-state index contributed by atoms with van der Waals surface area (Å²) >= 11 is 6.02. The average Bonchev–Trinajstić information content (AvgIpc) is 2.47. The number of nitrogens with zero attached hydrogens (tertiary/aromatic N) is 2. The van der Waals surface area contributed by atoms with Crippen molar-refractivity contribution in [1.82, 2.24) is 15.2 Å². The number of pyridine rings is 1. The molecule has 1 N–H and O–H groups in total. The molecule has 1 aliphatic heterocycles. The Bertz CT molecular complexity index is 496. The highest BCUT2D eigenvalue weighted by Gasteiger charge is 2.20. The minimum Gasteiger partial charge on any atom is -0.349 e. The van der Waals surface area contributed by atoms with Gasteiger partial charge in [0.2, 0.25) is 0 Å². The number of hydrogen-bond acceptors (Lipinski definition) is 3. The van der Waals surface area contributed by atoms with Crippen molar-refractivity contribution < 1.29 is 4.79 Å². The number of nitrogens with one attached hydrogen (secondary N) is 1. The van der Waals surface area contributed by atoms with Crippen LogP contribution >= 0.6 is 11.6 Å². The second-order valence-corrected chi connectivity index (χ2v) is 6.33. The van der Waals surface area contributed by atoms with E-state index in [1.165, 1.54) is 0 Å². The van der Waals surface area contributed by atoms with Gasteiger partial charge in [0.05, 0.1) is 0 Å². The molecule has 1 fully saturated rings. The Labute approximate surface area is 131 Å². The first kappa shape index (κ1) is 16.2. The molecule has 0 aromatic carbocycles. The maximum atomic E-state index is 12.4. The second-order valence-electron chi connectivity index (χ2n) is 5.94. The first-order chi connectivity index (χ1) is 9.99. The Kier molecular flexibility index (Phi) is 5.59.